The summed E-state index contributed by atoms with van der Waals surface area (Å²) in [5, 5.41) is 6.20. The lowest BCUT2D eigenvalue weighted by Gasteiger charge is -2.16. The number of para-hydroxylation sites is 1. The fourth-order valence-electron chi connectivity index (χ4n) is 2.04. The molecule has 4 heteroatoms. The molecule has 0 bridgehead atoms. The van der Waals surface area contributed by atoms with E-state index in [4.69, 9.17) is 0 Å². The van der Waals surface area contributed by atoms with Crippen molar-refractivity contribution in [2.75, 3.05) is 11.9 Å². The van der Waals surface area contributed by atoms with Gasteiger partial charge in [-0.25, -0.2) is 0 Å². The third-order valence-corrected chi connectivity index (χ3v) is 3.09. The maximum Gasteiger partial charge on any atom is 0.253 e. The summed E-state index contributed by atoms with van der Waals surface area (Å²) < 4.78 is 0. The molecule has 1 aromatic heterocycles. The van der Waals surface area contributed by atoms with Gasteiger partial charge in [-0.2, -0.15) is 0 Å². The lowest BCUT2D eigenvalue weighted by Crippen LogP contribution is -2.27. The largest absolute Gasteiger partial charge is 0.385 e. The number of hydrogen-bond donors (Lipinski definition) is 2. The lowest BCUT2D eigenvalue weighted by atomic mass is 10.1. The van der Waals surface area contributed by atoms with E-state index >= 15 is 0 Å². The highest BCUT2D eigenvalue weighted by Gasteiger charge is 2.14. The Hall–Kier alpha value is -2.36. The Bertz CT molecular complexity index is 569. The molecule has 0 aliphatic rings. The average Bonchev–Trinajstić information content (AvgIpc) is 2.49. The quantitative estimate of drug-likeness (QED) is 0.877. The number of carbonyl (C=O) groups is 1. The SMILES string of the molecule is CCNc1ccccc1C(=O)N[C@H](C)c1ccncc1. The lowest BCUT2D eigenvalue weighted by molar-refractivity contribution is 0.0940. The molecule has 2 aromatic rings. The first-order valence-corrected chi connectivity index (χ1v) is 6.76. The van der Waals surface area contributed by atoms with Crippen molar-refractivity contribution in [1.82, 2.24) is 10.3 Å². The summed E-state index contributed by atoms with van der Waals surface area (Å²) in [5.41, 5.74) is 2.55. The molecule has 0 spiro atoms. The molecule has 2 rings (SSSR count). The van der Waals surface area contributed by atoms with E-state index in [9.17, 15) is 4.79 Å². The number of aromatic nitrogens is 1. The third-order valence-electron chi connectivity index (χ3n) is 3.09. The molecule has 0 aliphatic heterocycles. The van der Waals surface area contributed by atoms with Gasteiger partial charge in [0.2, 0.25) is 0 Å². The van der Waals surface area contributed by atoms with Gasteiger partial charge >= 0.3 is 0 Å². The molecular formula is C16H19N3O. The third kappa shape index (κ3) is 3.35. The predicted molar refractivity (Wildman–Crippen MR) is 80.7 cm³/mol. The highest BCUT2D eigenvalue weighted by Crippen LogP contribution is 2.17. The molecular weight excluding hydrogens is 250 g/mol. The first-order valence-electron chi connectivity index (χ1n) is 6.76. The summed E-state index contributed by atoms with van der Waals surface area (Å²) in [6, 6.07) is 11.3. The molecule has 0 fully saturated rings. The Kier molecular flexibility index (Phi) is 4.71. The summed E-state index contributed by atoms with van der Waals surface area (Å²) in [5.74, 6) is -0.0779. The zero-order valence-corrected chi connectivity index (χ0v) is 11.8. The first-order chi connectivity index (χ1) is 9.72. The molecule has 2 N–H and O–H groups in total. The average molecular weight is 269 g/mol. The fourth-order valence-corrected chi connectivity index (χ4v) is 2.04. The van der Waals surface area contributed by atoms with Crippen LogP contribution in [0, 0.1) is 0 Å². The topological polar surface area (TPSA) is 54.0 Å². The monoisotopic (exact) mass is 269 g/mol. The second-order valence-electron chi connectivity index (χ2n) is 4.55. The van der Waals surface area contributed by atoms with Gasteiger partial charge in [0.25, 0.3) is 5.91 Å². The number of nitrogens with one attached hydrogen (secondary N) is 2. The van der Waals surface area contributed by atoms with E-state index in [1.165, 1.54) is 0 Å². The van der Waals surface area contributed by atoms with E-state index in [1.807, 2.05) is 50.2 Å². The molecule has 0 saturated heterocycles. The molecule has 0 unspecified atom stereocenters. The number of hydrogen-bond acceptors (Lipinski definition) is 3. The van der Waals surface area contributed by atoms with Gasteiger partial charge in [-0.1, -0.05) is 12.1 Å². The summed E-state index contributed by atoms with van der Waals surface area (Å²) in [4.78, 5) is 16.3. The van der Waals surface area contributed by atoms with Crippen molar-refractivity contribution in [2.24, 2.45) is 0 Å². The van der Waals surface area contributed by atoms with E-state index in [1.54, 1.807) is 12.4 Å². The molecule has 20 heavy (non-hydrogen) atoms. The van der Waals surface area contributed by atoms with Crippen LogP contribution >= 0.6 is 0 Å². The number of nitrogens with zero attached hydrogens (tertiary/aromatic N) is 1. The number of carbonyl (C=O) groups excluding carboxylic acids is 1. The molecule has 104 valence electrons. The van der Waals surface area contributed by atoms with Crippen molar-refractivity contribution >= 4 is 11.6 Å². The van der Waals surface area contributed by atoms with Crippen molar-refractivity contribution < 1.29 is 4.79 Å². The molecule has 1 heterocycles. The maximum atomic E-state index is 12.4. The van der Waals surface area contributed by atoms with Crippen molar-refractivity contribution in [3.05, 3.63) is 59.9 Å². The molecule has 1 aromatic carbocycles. The van der Waals surface area contributed by atoms with Gasteiger partial charge in [-0.05, 0) is 43.7 Å². The van der Waals surface area contributed by atoms with Crippen LogP contribution in [0.15, 0.2) is 48.8 Å². The maximum absolute atomic E-state index is 12.4. The zero-order valence-electron chi connectivity index (χ0n) is 11.8. The summed E-state index contributed by atoms with van der Waals surface area (Å²) in [7, 11) is 0. The molecule has 4 nitrogen and oxygen atoms in total. The van der Waals surface area contributed by atoms with E-state index in [-0.39, 0.29) is 11.9 Å². The van der Waals surface area contributed by atoms with Crippen molar-refractivity contribution in [3.8, 4) is 0 Å². The minimum Gasteiger partial charge on any atom is -0.385 e. The molecule has 0 saturated carbocycles. The Labute approximate surface area is 119 Å². The van der Waals surface area contributed by atoms with Gasteiger partial charge in [0.15, 0.2) is 0 Å². The van der Waals surface area contributed by atoms with Gasteiger partial charge in [0.1, 0.15) is 0 Å². The van der Waals surface area contributed by atoms with Crippen molar-refractivity contribution in [2.45, 2.75) is 19.9 Å². The van der Waals surface area contributed by atoms with Crippen LogP contribution < -0.4 is 10.6 Å². The van der Waals surface area contributed by atoms with Gasteiger partial charge in [-0.15, -0.1) is 0 Å². The second kappa shape index (κ2) is 6.70. The van der Waals surface area contributed by atoms with Crippen LogP contribution in [-0.2, 0) is 0 Å². The molecule has 1 amide bonds. The van der Waals surface area contributed by atoms with Crippen LogP contribution in [0.2, 0.25) is 0 Å². The van der Waals surface area contributed by atoms with Crippen molar-refractivity contribution in [3.63, 3.8) is 0 Å². The van der Waals surface area contributed by atoms with E-state index in [0.717, 1.165) is 17.8 Å². The Morgan fingerprint density at radius 3 is 2.60 bits per heavy atom. The van der Waals surface area contributed by atoms with Gasteiger partial charge < -0.3 is 10.6 Å². The van der Waals surface area contributed by atoms with Crippen molar-refractivity contribution in [1.29, 1.82) is 0 Å². The smallest absolute Gasteiger partial charge is 0.253 e. The number of rotatable bonds is 5. The summed E-state index contributed by atoms with van der Waals surface area (Å²) >= 11 is 0. The number of pyridine rings is 1. The van der Waals surface area contributed by atoms with Crippen LogP contribution in [0.4, 0.5) is 5.69 Å². The van der Waals surface area contributed by atoms with Crippen LogP contribution in [0.1, 0.15) is 35.8 Å². The zero-order chi connectivity index (χ0) is 14.4. The van der Waals surface area contributed by atoms with Crippen LogP contribution in [-0.4, -0.2) is 17.4 Å². The highest BCUT2D eigenvalue weighted by molar-refractivity contribution is 5.99. The van der Waals surface area contributed by atoms with Gasteiger partial charge in [0.05, 0.1) is 11.6 Å². The summed E-state index contributed by atoms with van der Waals surface area (Å²) in [6.45, 7) is 4.75. The molecule has 0 aliphatic carbocycles. The van der Waals surface area contributed by atoms with E-state index < -0.39 is 0 Å². The number of anilines is 1. The normalized spacial score (nSPS) is 11.7. The van der Waals surface area contributed by atoms with Crippen LogP contribution in [0.3, 0.4) is 0 Å². The molecule has 1 atom stereocenters. The fraction of sp³-hybridized carbons (Fsp3) is 0.250. The van der Waals surface area contributed by atoms with E-state index in [2.05, 4.69) is 15.6 Å². The second-order valence-corrected chi connectivity index (χ2v) is 4.55. The van der Waals surface area contributed by atoms with Crippen LogP contribution in [0.5, 0.6) is 0 Å². The predicted octanol–water partition coefficient (Wildman–Crippen LogP) is 3.00. The molecule has 0 radical (unpaired) electrons. The Balaban J connectivity index is 2.12. The number of benzene rings is 1. The summed E-state index contributed by atoms with van der Waals surface area (Å²) in [6.07, 6.45) is 3.45. The Morgan fingerprint density at radius 1 is 1.20 bits per heavy atom. The van der Waals surface area contributed by atoms with Gasteiger partial charge in [-0.3, -0.25) is 9.78 Å². The highest BCUT2D eigenvalue weighted by atomic mass is 16.1. The van der Waals surface area contributed by atoms with Crippen LogP contribution in [0.25, 0.3) is 0 Å². The minimum atomic E-state index is -0.0779. The van der Waals surface area contributed by atoms with E-state index in [0.29, 0.717) is 5.56 Å². The number of amides is 1. The first kappa shape index (κ1) is 14.1. The standard InChI is InChI=1S/C16H19N3O/c1-3-18-15-7-5-4-6-14(15)16(20)19-12(2)13-8-10-17-11-9-13/h4-12,18H,3H2,1-2H3,(H,19,20)/t12-/m1/s1. The van der Waals surface area contributed by atoms with Gasteiger partial charge in [0, 0.05) is 24.6 Å². The Morgan fingerprint density at radius 2 is 1.90 bits per heavy atom. The minimum absolute atomic E-state index is 0.0554.